The van der Waals surface area contributed by atoms with Gasteiger partial charge in [-0.1, -0.05) is 11.2 Å². The number of carbonyl (C=O) groups is 3. The van der Waals surface area contributed by atoms with Crippen molar-refractivity contribution in [3.63, 3.8) is 0 Å². The van der Waals surface area contributed by atoms with Gasteiger partial charge in [0, 0.05) is 16.0 Å². The van der Waals surface area contributed by atoms with Gasteiger partial charge in [0.05, 0.1) is 12.6 Å². The molecule has 0 bridgehead atoms. The van der Waals surface area contributed by atoms with Gasteiger partial charge in [-0.2, -0.15) is 4.80 Å². The van der Waals surface area contributed by atoms with Crippen LogP contribution < -0.4 is 11.1 Å². The summed E-state index contributed by atoms with van der Waals surface area (Å²) in [5.74, 6) is -2.08. The van der Waals surface area contributed by atoms with E-state index in [4.69, 9.17) is 10.6 Å². The largest absolute Gasteiger partial charge is 0.477 e. The van der Waals surface area contributed by atoms with Crippen LogP contribution in [0.4, 0.5) is 5.13 Å². The van der Waals surface area contributed by atoms with E-state index in [0.717, 1.165) is 11.3 Å². The standard InChI is InChI=1S/C17H17N9O5S2/c1-31-23-11(8-5-33-17(18)21-8)14(27)22-12-9-6-32-10(3-2-4-25-20-7-19-24-25)13(16(29)30)26(9)15(12)28/h2-3,5,7,9,12H,4,6H2,1H3,(H2,18,21)(H,22,27)(H,29,30)/b3-2+,23-11-/t9-,12+/m1/s1. The minimum absolute atomic E-state index is 0.139. The molecule has 1 saturated heterocycles. The number of allylic oxidation sites excluding steroid dienone is 2. The number of tetrazole rings is 1. The van der Waals surface area contributed by atoms with Crippen LogP contribution in [0.15, 0.2) is 39.6 Å². The summed E-state index contributed by atoms with van der Waals surface area (Å²) in [5, 5.41) is 29.0. The number of aliphatic carboxylic acids is 1. The van der Waals surface area contributed by atoms with E-state index in [2.05, 4.69) is 30.9 Å². The van der Waals surface area contributed by atoms with Gasteiger partial charge < -0.3 is 21.0 Å². The molecule has 0 spiro atoms. The first-order chi connectivity index (χ1) is 15.9. The Bertz CT molecular complexity index is 1170. The molecule has 2 amide bonds. The van der Waals surface area contributed by atoms with Gasteiger partial charge >= 0.3 is 5.97 Å². The molecule has 0 aromatic carbocycles. The number of carboxylic acids is 1. The number of thiazole rings is 1. The zero-order chi connectivity index (χ0) is 23.5. The number of oxime groups is 1. The lowest BCUT2D eigenvalue weighted by atomic mass is 9.94. The van der Waals surface area contributed by atoms with Crippen LogP contribution in [0.3, 0.4) is 0 Å². The Kier molecular flexibility index (Phi) is 6.36. The fraction of sp³-hybridized carbons (Fsp3) is 0.294. The number of nitrogens with two attached hydrogens (primary N) is 1. The van der Waals surface area contributed by atoms with E-state index < -0.39 is 29.9 Å². The molecule has 172 valence electrons. The maximum Gasteiger partial charge on any atom is 0.353 e. The van der Waals surface area contributed by atoms with E-state index in [1.54, 1.807) is 12.2 Å². The third kappa shape index (κ3) is 4.42. The van der Waals surface area contributed by atoms with Crippen molar-refractivity contribution in [3.8, 4) is 0 Å². The molecule has 0 aliphatic carbocycles. The second kappa shape index (κ2) is 9.37. The Morgan fingerprint density at radius 3 is 2.94 bits per heavy atom. The molecule has 4 rings (SSSR count). The number of fused-ring (bicyclic) bond motifs is 1. The number of nitrogens with one attached hydrogen (secondary N) is 1. The second-order valence-corrected chi connectivity index (χ2v) is 8.59. The van der Waals surface area contributed by atoms with Gasteiger partial charge in [-0.15, -0.1) is 33.3 Å². The second-order valence-electron chi connectivity index (χ2n) is 6.64. The number of hydrogen-bond acceptors (Lipinski definition) is 12. The van der Waals surface area contributed by atoms with Gasteiger partial charge in [-0.3, -0.25) is 14.5 Å². The van der Waals surface area contributed by atoms with Crippen molar-refractivity contribution < 1.29 is 24.3 Å². The highest BCUT2D eigenvalue weighted by atomic mass is 32.2. The summed E-state index contributed by atoms with van der Waals surface area (Å²) in [4.78, 5) is 49.2. The zero-order valence-corrected chi connectivity index (χ0v) is 18.6. The molecule has 16 heteroatoms. The number of aromatic nitrogens is 5. The van der Waals surface area contributed by atoms with Gasteiger partial charge in [0.15, 0.2) is 17.2 Å². The topological polar surface area (TPSA) is 191 Å². The van der Waals surface area contributed by atoms with Crippen molar-refractivity contribution in [2.24, 2.45) is 5.16 Å². The Morgan fingerprint density at radius 1 is 1.48 bits per heavy atom. The van der Waals surface area contributed by atoms with E-state index >= 15 is 0 Å². The molecular formula is C17H17N9O5S2. The van der Waals surface area contributed by atoms with Gasteiger partial charge in [0.25, 0.3) is 11.8 Å². The quantitative estimate of drug-likeness (QED) is 0.234. The minimum Gasteiger partial charge on any atom is -0.477 e. The normalized spacial score (nSPS) is 20.6. The number of rotatable bonds is 8. The van der Waals surface area contributed by atoms with Crippen LogP contribution in [0, 0.1) is 0 Å². The minimum atomic E-state index is -1.25. The average Bonchev–Trinajstić information content (AvgIpc) is 3.46. The number of nitrogen functional groups attached to an aromatic ring is 1. The van der Waals surface area contributed by atoms with E-state index in [1.165, 1.54) is 40.3 Å². The molecule has 2 aliphatic rings. The molecule has 33 heavy (non-hydrogen) atoms. The zero-order valence-electron chi connectivity index (χ0n) is 17.0. The third-order valence-electron chi connectivity index (χ3n) is 4.68. The van der Waals surface area contributed by atoms with Crippen LogP contribution in [-0.4, -0.2) is 83.6 Å². The van der Waals surface area contributed by atoms with Crippen molar-refractivity contribution in [1.82, 2.24) is 35.4 Å². The van der Waals surface area contributed by atoms with Crippen LogP contribution in [0.25, 0.3) is 0 Å². The van der Waals surface area contributed by atoms with Crippen LogP contribution in [0.5, 0.6) is 0 Å². The monoisotopic (exact) mass is 491 g/mol. The molecular weight excluding hydrogens is 474 g/mol. The molecule has 0 unspecified atom stereocenters. The highest BCUT2D eigenvalue weighted by molar-refractivity contribution is 8.03. The number of carbonyl (C=O) groups excluding carboxylic acids is 2. The summed E-state index contributed by atoms with van der Waals surface area (Å²) in [6.07, 6.45) is 4.56. The lowest BCUT2D eigenvalue weighted by Gasteiger charge is -2.49. The number of amides is 2. The number of β-lactam (4-membered cyclic amide) rings is 1. The fourth-order valence-electron chi connectivity index (χ4n) is 3.28. The molecule has 1 fully saturated rings. The summed E-state index contributed by atoms with van der Waals surface area (Å²) >= 11 is 2.39. The smallest absolute Gasteiger partial charge is 0.353 e. The first-order valence-corrected chi connectivity index (χ1v) is 11.2. The maximum atomic E-state index is 12.8. The lowest BCUT2D eigenvalue weighted by Crippen LogP contribution is -2.73. The molecule has 2 aromatic heterocycles. The Morgan fingerprint density at radius 2 is 2.30 bits per heavy atom. The number of carboxylic acid groups (broad SMARTS) is 1. The van der Waals surface area contributed by atoms with E-state index in [-0.39, 0.29) is 28.8 Å². The SMILES string of the molecule is CO/N=C(\C(=O)N[C@@H]1C(=O)N2C(C(=O)O)=C(/C=C/Cn3ncnn3)SC[C@H]12)c1csc(N)n1. The van der Waals surface area contributed by atoms with E-state index in [9.17, 15) is 19.5 Å². The van der Waals surface area contributed by atoms with Gasteiger partial charge in [-0.05, 0) is 11.3 Å². The number of thioether (sulfide) groups is 1. The van der Waals surface area contributed by atoms with Crippen LogP contribution in [0.1, 0.15) is 5.69 Å². The summed E-state index contributed by atoms with van der Waals surface area (Å²) < 4.78 is 0. The summed E-state index contributed by atoms with van der Waals surface area (Å²) in [7, 11) is 1.27. The highest BCUT2D eigenvalue weighted by Gasteiger charge is 2.53. The molecule has 2 aromatic rings. The van der Waals surface area contributed by atoms with Crippen LogP contribution in [-0.2, 0) is 25.8 Å². The number of anilines is 1. The molecule has 2 aliphatic heterocycles. The average molecular weight is 492 g/mol. The predicted molar refractivity (Wildman–Crippen MR) is 117 cm³/mol. The van der Waals surface area contributed by atoms with Crippen molar-refractivity contribution >= 4 is 51.7 Å². The third-order valence-corrected chi connectivity index (χ3v) is 6.51. The predicted octanol–water partition coefficient (Wildman–Crippen LogP) is -0.943. The van der Waals surface area contributed by atoms with Gasteiger partial charge in [0.2, 0.25) is 0 Å². The van der Waals surface area contributed by atoms with Crippen LogP contribution in [0.2, 0.25) is 0 Å². The van der Waals surface area contributed by atoms with Gasteiger partial charge in [-0.25, -0.2) is 9.78 Å². The molecule has 14 nitrogen and oxygen atoms in total. The Hall–Kier alpha value is -3.79. The molecule has 0 radical (unpaired) electrons. The highest BCUT2D eigenvalue weighted by Crippen LogP contribution is 2.39. The van der Waals surface area contributed by atoms with E-state index in [0.29, 0.717) is 10.7 Å². The first kappa shape index (κ1) is 22.4. The number of nitrogens with zero attached hydrogens (tertiary/aromatic N) is 7. The van der Waals surface area contributed by atoms with Crippen molar-refractivity contribution in [2.45, 2.75) is 18.6 Å². The van der Waals surface area contributed by atoms with Crippen LogP contribution >= 0.6 is 23.1 Å². The van der Waals surface area contributed by atoms with Crippen molar-refractivity contribution in [1.29, 1.82) is 0 Å². The number of hydrogen-bond donors (Lipinski definition) is 3. The summed E-state index contributed by atoms with van der Waals surface area (Å²) in [5.41, 5.74) is 5.54. The summed E-state index contributed by atoms with van der Waals surface area (Å²) in [6, 6.07) is -1.45. The first-order valence-electron chi connectivity index (χ1n) is 9.34. The van der Waals surface area contributed by atoms with Gasteiger partial charge in [0.1, 0.15) is 24.5 Å². The maximum absolute atomic E-state index is 12.8. The molecule has 0 saturated carbocycles. The Balaban J connectivity index is 1.49. The molecule has 2 atom stereocenters. The van der Waals surface area contributed by atoms with Crippen molar-refractivity contribution in [2.75, 3.05) is 18.6 Å². The molecule has 4 N–H and O–H groups in total. The van der Waals surface area contributed by atoms with Crippen molar-refractivity contribution in [3.05, 3.63) is 40.2 Å². The lowest BCUT2D eigenvalue weighted by molar-refractivity contribution is -0.153. The van der Waals surface area contributed by atoms with E-state index in [1.807, 2.05) is 0 Å². The molecule has 4 heterocycles. The Labute approximate surface area is 194 Å². The summed E-state index contributed by atoms with van der Waals surface area (Å²) in [6.45, 7) is 0.287. The fourth-order valence-corrected chi connectivity index (χ4v) is 5.03.